The molecule has 0 aromatic heterocycles. The molecule has 0 fully saturated rings. The molecule has 1 amide bonds. The van der Waals surface area contributed by atoms with Crippen LogP contribution >= 0.6 is 0 Å². The molecule has 7 nitrogen and oxygen atoms in total. The zero-order valence-electron chi connectivity index (χ0n) is 18.7. The Labute approximate surface area is 185 Å². The van der Waals surface area contributed by atoms with E-state index in [-0.39, 0.29) is 11.3 Å². The van der Waals surface area contributed by atoms with E-state index in [1.54, 1.807) is 38.1 Å². The van der Waals surface area contributed by atoms with Crippen molar-refractivity contribution in [1.29, 1.82) is 0 Å². The molecule has 2 aromatic rings. The number of carbonyl (C=O) groups is 1. The molecule has 0 radical (unpaired) electrons. The first kappa shape index (κ1) is 24.9. The van der Waals surface area contributed by atoms with E-state index >= 15 is 0 Å². The Kier molecular flexibility index (Phi) is 7.54. The lowest BCUT2D eigenvalue weighted by molar-refractivity contribution is -0.122. The summed E-state index contributed by atoms with van der Waals surface area (Å²) in [6.07, 6.45) is 2.50. The number of sulfonamides is 1. The van der Waals surface area contributed by atoms with Gasteiger partial charge in [0.1, 0.15) is 6.04 Å². The van der Waals surface area contributed by atoms with Gasteiger partial charge in [-0.25, -0.2) is 16.8 Å². The maximum Gasteiger partial charge on any atom is 0.244 e. The normalized spacial score (nSPS) is 14.0. The predicted molar refractivity (Wildman–Crippen MR) is 123 cm³/mol. The van der Waals surface area contributed by atoms with Crippen molar-refractivity contribution in [3.05, 3.63) is 59.2 Å². The molecule has 2 atom stereocenters. The van der Waals surface area contributed by atoms with E-state index in [1.807, 2.05) is 19.9 Å². The summed E-state index contributed by atoms with van der Waals surface area (Å²) >= 11 is 0. The highest BCUT2D eigenvalue weighted by Crippen LogP contribution is 2.26. The fourth-order valence-electron chi connectivity index (χ4n) is 3.32. The van der Waals surface area contributed by atoms with Crippen LogP contribution in [0.5, 0.6) is 0 Å². The topological polar surface area (TPSA) is 101 Å². The third-order valence-electron chi connectivity index (χ3n) is 5.24. The minimum Gasteiger partial charge on any atom is -0.348 e. The van der Waals surface area contributed by atoms with Gasteiger partial charge in [-0.15, -0.1) is 0 Å². The van der Waals surface area contributed by atoms with E-state index in [2.05, 4.69) is 5.32 Å². The van der Waals surface area contributed by atoms with Crippen LogP contribution in [-0.4, -0.2) is 41.3 Å². The molecule has 0 unspecified atom stereocenters. The van der Waals surface area contributed by atoms with Crippen LogP contribution in [0.1, 0.15) is 43.0 Å². The third kappa shape index (κ3) is 6.07. The van der Waals surface area contributed by atoms with Gasteiger partial charge in [-0.3, -0.25) is 9.10 Å². The summed E-state index contributed by atoms with van der Waals surface area (Å²) in [6.45, 7) is 7.35. The van der Waals surface area contributed by atoms with E-state index in [0.29, 0.717) is 11.3 Å². The van der Waals surface area contributed by atoms with Crippen molar-refractivity contribution in [1.82, 2.24) is 5.32 Å². The van der Waals surface area contributed by atoms with Gasteiger partial charge in [0, 0.05) is 6.26 Å². The number of carbonyl (C=O) groups excluding carboxylic acids is 1. The lowest BCUT2D eigenvalue weighted by atomic mass is 10.1. The Morgan fingerprint density at radius 3 is 2.00 bits per heavy atom. The number of sulfone groups is 1. The second-order valence-corrected chi connectivity index (χ2v) is 11.7. The molecule has 9 heteroatoms. The number of nitrogens with zero attached hydrogens (tertiary/aromatic N) is 1. The quantitative estimate of drug-likeness (QED) is 0.644. The molecule has 0 spiro atoms. The van der Waals surface area contributed by atoms with Crippen LogP contribution in [-0.2, 0) is 24.7 Å². The molecule has 170 valence electrons. The molecule has 0 aliphatic heterocycles. The Morgan fingerprint density at radius 2 is 1.55 bits per heavy atom. The van der Waals surface area contributed by atoms with Crippen molar-refractivity contribution in [2.75, 3.05) is 16.8 Å². The number of hydrogen-bond donors (Lipinski definition) is 1. The maximum atomic E-state index is 13.1. The monoisotopic (exact) mass is 466 g/mol. The number of nitrogens with one attached hydrogen (secondary N) is 1. The molecule has 2 aromatic carbocycles. The lowest BCUT2D eigenvalue weighted by Crippen LogP contribution is -2.49. The average Bonchev–Trinajstić information content (AvgIpc) is 2.66. The molecular formula is C22H30N2O5S2. The van der Waals surface area contributed by atoms with Crippen LogP contribution in [0, 0.1) is 13.8 Å². The third-order valence-corrected chi connectivity index (χ3v) is 7.55. The summed E-state index contributed by atoms with van der Waals surface area (Å²) in [6, 6.07) is 10.2. The molecule has 0 heterocycles. The molecule has 0 aliphatic rings. The van der Waals surface area contributed by atoms with Crippen LogP contribution in [0.15, 0.2) is 47.4 Å². The van der Waals surface area contributed by atoms with Crippen molar-refractivity contribution in [3.63, 3.8) is 0 Å². The van der Waals surface area contributed by atoms with Crippen molar-refractivity contribution in [2.45, 2.75) is 51.1 Å². The molecule has 0 saturated heterocycles. The number of amides is 1. The smallest absolute Gasteiger partial charge is 0.244 e. The van der Waals surface area contributed by atoms with Crippen molar-refractivity contribution < 1.29 is 21.6 Å². The maximum absolute atomic E-state index is 13.1. The molecule has 0 bridgehead atoms. The minimum absolute atomic E-state index is 0.194. The van der Waals surface area contributed by atoms with Gasteiger partial charge in [-0.2, -0.15) is 0 Å². The Hall–Kier alpha value is -2.39. The summed E-state index contributed by atoms with van der Waals surface area (Å²) < 4.78 is 49.7. The van der Waals surface area contributed by atoms with Crippen LogP contribution < -0.4 is 9.62 Å². The summed E-state index contributed by atoms with van der Waals surface area (Å²) in [5, 5.41) is 2.86. The fourth-order valence-corrected chi connectivity index (χ4v) is 5.15. The number of anilines is 1. The van der Waals surface area contributed by atoms with Gasteiger partial charge < -0.3 is 5.32 Å². The number of hydrogen-bond acceptors (Lipinski definition) is 5. The Balaban J connectivity index is 2.32. The van der Waals surface area contributed by atoms with Gasteiger partial charge in [0.05, 0.1) is 22.9 Å². The predicted octanol–water partition coefficient (Wildman–Crippen LogP) is 3.13. The second-order valence-electron chi connectivity index (χ2n) is 7.82. The highest BCUT2D eigenvalue weighted by Gasteiger charge is 2.32. The lowest BCUT2D eigenvalue weighted by Gasteiger charge is -2.31. The van der Waals surface area contributed by atoms with Gasteiger partial charge in [0.15, 0.2) is 9.84 Å². The number of rotatable bonds is 8. The summed E-state index contributed by atoms with van der Waals surface area (Å²) in [5.74, 6) is -0.425. The van der Waals surface area contributed by atoms with Gasteiger partial charge >= 0.3 is 0 Å². The highest BCUT2D eigenvalue weighted by atomic mass is 32.2. The molecule has 1 N–H and O–H groups in total. The first-order chi connectivity index (χ1) is 14.3. The van der Waals surface area contributed by atoms with Gasteiger partial charge in [0.25, 0.3) is 0 Å². The van der Waals surface area contributed by atoms with E-state index < -0.39 is 37.9 Å². The summed E-state index contributed by atoms with van der Waals surface area (Å²) in [4.78, 5) is 13.3. The van der Waals surface area contributed by atoms with E-state index in [1.165, 1.54) is 12.1 Å². The van der Waals surface area contributed by atoms with Crippen LogP contribution in [0.25, 0.3) is 0 Å². The Morgan fingerprint density at radius 1 is 0.968 bits per heavy atom. The first-order valence-corrected chi connectivity index (χ1v) is 13.7. The zero-order chi connectivity index (χ0) is 23.6. The van der Waals surface area contributed by atoms with E-state index in [9.17, 15) is 21.6 Å². The van der Waals surface area contributed by atoms with Crippen LogP contribution in [0.2, 0.25) is 0 Å². The first-order valence-electron chi connectivity index (χ1n) is 9.92. The fraction of sp³-hybridized carbons (Fsp3) is 0.409. The average molecular weight is 467 g/mol. The molecule has 31 heavy (non-hydrogen) atoms. The SMILES string of the molecule is CC[C@H](C(=O)N[C@H](C)c1ccc(S(C)(=O)=O)cc1)N(c1ccc(C)c(C)c1)S(C)(=O)=O. The van der Waals surface area contributed by atoms with E-state index in [0.717, 1.165) is 27.9 Å². The summed E-state index contributed by atoms with van der Waals surface area (Å²) in [7, 11) is -7.03. The second kappa shape index (κ2) is 9.40. The number of aryl methyl sites for hydroxylation is 2. The van der Waals surface area contributed by atoms with E-state index in [4.69, 9.17) is 0 Å². The van der Waals surface area contributed by atoms with Crippen LogP contribution in [0.3, 0.4) is 0 Å². The van der Waals surface area contributed by atoms with Crippen LogP contribution in [0.4, 0.5) is 5.69 Å². The van der Waals surface area contributed by atoms with Gasteiger partial charge in [0.2, 0.25) is 15.9 Å². The standard InChI is InChI=1S/C22H30N2O5S2/c1-7-21(24(31(6,28)29)19-11-8-15(2)16(3)14-19)22(25)23-17(4)18-9-12-20(13-10-18)30(5,26)27/h8-14,17,21H,7H2,1-6H3,(H,23,25)/t17-,21-/m1/s1. The summed E-state index contributed by atoms with van der Waals surface area (Å²) in [5.41, 5.74) is 3.12. The molecule has 0 saturated carbocycles. The minimum atomic E-state index is -3.72. The van der Waals surface area contributed by atoms with Crippen molar-refractivity contribution >= 4 is 31.5 Å². The zero-order valence-corrected chi connectivity index (χ0v) is 20.3. The van der Waals surface area contributed by atoms with Crippen molar-refractivity contribution in [3.8, 4) is 0 Å². The largest absolute Gasteiger partial charge is 0.348 e. The van der Waals surface area contributed by atoms with Crippen molar-refractivity contribution in [2.24, 2.45) is 0 Å². The highest BCUT2D eigenvalue weighted by molar-refractivity contribution is 7.92. The molecule has 0 aliphatic carbocycles. The molecular weight excluding hydrogens is 436 g/mol. The van der Waals surface area contributed by atoms with Gasteiger partial charge in [-0.05, 0) is 68.1 Å². The number of benzene rings is 2. The Bertz CT molecular complexity index is 1160. The molecule has 2 rings (SSSR count). The van der Waals surface area contributed by atoms with Gasteiger partial charge in [-0.1, -0.05) is 25.1 Å².